The standard InChI is InChI=1S/C15H20Cl2N2O2/c1-15(2,3)21-14(20)19-7-6-18-9-13(19)11-5-4-10(16)8-12(11)17/h4-5,8,13,18H,6-7,9H2,1-3H3/t13-/m0/s1. The van der Waals surface area contributed by atoms with Crippen LogP contribution in [0.4, 0.5) is 4.79 Å². The first kappa shape index (κ1) is 16.4. The molecule has 1 N–H and O–H groups in total. The largest absolute Gasteiger partial charge is 0.444 e. The van der Waals surface area contributed by atoms with Crippen LogP contribution < -0.4 is 5.32 Å². The zero-order chi connectivity index (χ0) is 15.6. The highest BCUT2D eigenvalue weighted by Crippen LogP contribution is 2.31. The van der Waals surface area contributed by atoms with Gasteiger partial charge in [0.05, 0.1) is 6.04 Å². The molecule has 1 heterocycles. The lowest BCUT2D eigenvalue weighted by Crippen LogP contribution is -2.50. The molecule has 21 heavy (non-hydrogen) atoms. The van der Waals surface area contributed by atoms with Gasteiger partial charge in [0.2, 0.25) is 0 Å². The second kappa shape index (κ2) is 6.42. The number of nitrogens with zero attached hydrogens (tertiary/aromatic N) is 1. The number of halogens is 2. The molecule has 116 valence electrons. The second-order valence-electron chi connectivity index (χ2n) is 6.06. The van der Waals surface area contributed by atoms with Crippen LogP contribution in [0, 0.1) is 0 Å². The first-order chi connectivity index (χ1) is 9.78. The van der Waals surface area contributed by atoms with Gasteiger partial charge in [0.15, 0.2) is 0 Å². The van der Waals surface area contributed by atoms with Gasteiger partial charge >= 0.3 is 6.09 Å². The predicted octanol–water partition coefficient (Wildman–Crippen LogP) is 3.87. The lowest BCUT2D eigenvalue weighted by molar-refractivity contribution is 0.0118. The van der Waals surface area contributed by atoms with Crippen molar-refractivity contribution in [1.29, 1.82) is 0 Å². The number of carbonyl (C=O) groups excluding carboxylic acids is 1. The molecule has 1 aliphatic heterocycles. The number of rotatable bonds is 1. The zero-order valence-corrected chi connectivity index (χ0v) is 14.0. The maximum absolute atomic E-state index is 12.4. The average molecular weight is 331 g/mol. The lowest BCUT2D eigenvalue weighted by Gasteiger charge is -2.37. The molecule has 0 aliphatic carbocycles. The average Bonchev–Trinajstić information content (AvgIpc) is 2.37. The van der Waals surface area contributed by atoms with Crippen LogP contribution in [0.15, 0.2) is 18.2 Å². The van der Waals surface area contributed by atoms with Crippen molar-refractivity contribution in [2.75, 3.05) is 19.6 Å². The van der Waals surface area contributed by atoms with E-state index >= 15 is 0 Å². The Balaban J connectivity index is 2.24. The SMILES string of the molecule is CC(C)(C)OC(=O)N1CCNC[C@H]1c1ccc(Cl)cc1Cl. The minimum absolute atomic E-state index is 0.154. The van der Waals surface area contributed by atoms with E-state index < -0.39 is 5.60 Å². The van der Waals surface area contributed by atoms with Gasteiger partial charge in [-0.2, -0.15) is 0 Å². The smallest absolute Gasteiger partial charge is 0.410 e. The monoisotopic (exact) mass is 330 g/mol. The van der Waals surface area contributed by atoms with Crippen molar-refractivity contribution >= 4 is 29.3 Å². The number of piperazine rings is 1. The van der Waals surface area contributed by atoms with Gasteiger partial charge in [0, 0.05) is 29.7 Å². The highest BCUT2D eigenvalue weighted by molar-refractivity contribution is 6.35. The van der Waals surface area contributed by atoms with Crippen LogP contribution in [0.5, 0.6) is 0 Å². The van der Waals surface area contributed by atoms with E-state index in [2.05, 4.69) is 5.32 Å². The van der Waals surface area contributed by atoms with Gasteiger partial charge in [0.25, 0.3) is 0 Å². The van der Waals surface area contributed by atoms with Gasteiger partial charge in [0.1, 0.15) is 5.60 Å². The molecule has 0 aromatic heterocycles. The first-order valence-corrected chi connectivity index (χ1v) is 7.69. The molecule has 1 aromatic rings. The van der Waals surface area contributed by atoms with Gasteiger partial charge in [-0.05, 0) is 38.5 Å². The number of amides is 1. The molecule has 1 aromatic carbocycles. The van der Waals surface area contributed by atoms with Crippen LogP contribution in [0.3, 0.4) is 0 Å². The molecule has 1 aliphatic rings. The molecule has 1 amide bonds. The molecule has 1 saturated heterocycles. The third kappa shape index (κ3) is 4.25. The fourth-order valence-electron chi connectivity index (χ4n) is 2.29. The summed E-state index contributed by atoms with van der Waals surface area (Å²) < 4.78 is 5.48. The van der Waals surface area contributed by atoms with Crippen molar-refractivity contribution in [3.8, 4) is 0 Å². The molecule has 0 unspecified atom stereocenters. The number of hydrogen-bond donors (Lipinski definition) is 1. The van der Waals surface area contributed by atoms with Crippen molar-refractivity contribution in [1.82, 2.24) is 10.2 Å². The van der Waals surface area contributed by atoms with E-state index in [-0.39, 0.29) is 12.1 Å². The Morgan fingerprint density at radius 2 is 2.10 bits per heavy atom. The van der Waals surface area contributed by atoms with E-state index in [0.717, 1.165) is 12.1 Å². The molecular weight excluding hydrogens is 311 g/mol. The molecule has 0 radical (unpaired) electrons. The fraction of sp³-hybridized carbons (Fsp3) is 0.533. The Hall–Kier alpha value is -0.970. The van der Waals surface area contributed by atoms with Gasteiger partial charge in [-0.15, -0.1) is 0 Å². The Labute approximate surface area is 135 Å². The predicted molar refractivity (Wildman–Crippen MR) is 85.0 cm³/mol. The van der Waals surface area contributed by atoms with Crippen LogP contribution >= 0.6 is 23.2 Å². The quantitative estimate of drug-likeness (QED) is 0.849. The minimum atomic E-state index is -0.518. The normalized spacial score (nSPS) is 19.5. The van der Waals surface area contributed by atoms with Crippen molar-refractivity contribution in [3.63, 3.8) is 0 Å². The molecule has 0 bridgehead atoms. The van der Waals surface area contributed by atoms with Crippen molar-refractivity contribution in [2.45, 2.75) is 32.4 Å². The van der Waals surface area contributed by atoms with E-state index in [1.54, 1.807) is 17.0 Å². The van der Waals surface area contributed by atoms with E-state index in [1.807, 2.05) is 26.8 Å². The number of ether oxygens (including phenoxy) is 1. The van der Waals surface area contributed by atoms with Crippen LogP contribution in [0.2, 0.25) is 10.0 Å². The van der Waals surface area contributed by atoms with E-state index in [4.69, 9.17) is 27.9 Å². The summed E-state index contributed by atoms with van der Waals surface area (Å²) in [6.07, 6.45) is -0.319. The molecule has 6 heteroatoms. The van der Waals surface area contributed by atoms with Crippen LogP contribution in [0.1, 0.15) is 32.4 Å². The second-order valence-corrected chi connectivity index (χ2v) is 6.90. The molecular formula is C15H20Cl2N2O2. The van der Waals surface area contributed by atoms with Gasteiger partial charge in [-0.1, -0.05) is 29.3 Å². The number of hydrogen-bond acceptors (Lipinski definition) is 3. The molecule has 1 atom stereocenters. The topological polar surface area (TPSA) is 41.6 Å². The van der Waals surface area contributed by atoms with Crippen LogP contribution in [-0.2, 0) is 4.74 Å². The Bertz CT molecular complexity index is 529. The zero-order valence-electron chi connectivity index (χ0n) is 12.5. The van der Waals surface area contributed by atoms with Crippen molar-refractivity contribution in [2.24, 2.45) is 0 Å². The summed E-state index contributed by atoms with van der Waals surface area (Å²) in [5, 5.41) is 4.42. The van der Waals surface area contributed by atoms with E-state index in [1.165, 1.54) is 0 Å². The molecule has 2 rings (SSSR count). The fourth-order valence-corrected chi connectivity index (χ4v) is 2.83. The number of carbonyl (C=O) groups is 1. The van der Waals surface area contributed by atoms with E-state index in [0.29, 0.717) is 23.1 Å². The summed E-state index contributed by atoms with van der Waals surface area (Å²) in [6, 6.07) is 5.18. The lowest BCUT2D eigenvalue weighted by atomic mass is 10.0. The summed E-state index contributed by atoms with van der Waals surface area (Å²) in [5.74, 6) is 0. The van der Waals surface area contributed by atoms with E-state index in [9.17, 15) is 4.79 Å². The summed E-state index contributed by atoms with van der Waals surface area (Å²) in [7, 11) is 0. The highest BCUT2D eigenvalue weighted by atomic mass is 35.5. The number of nitrogens with one attached hydrogen (secondary N) is 1. The van der Waals surface area contributed by atoms with Crippen LogP contribution in [0.25, 0.3) is 0 Å². The maximum atomic E-state index is 12.4. The Morgan fingerprint density at radius 1 is 1.38 bits per heavy atom. The van der Waals surface area contributed by atoms with Gasteiger partial charge < -0.3 is 10.1 Å². The molecule has 1 fully saturated rings. The van der Waals surface area contributed by atoms with Crippen LogP contribution in [-0.4, -0.2) is 36.2 Å². The summed E-state index contributed by atoms with van der Waals surface area (Å²) >= 11 is 12.2. The van der Waals surface area contributed by atoms with Crippen molar-refractivity contribution < 1.29 is 9.53 Å². The first-order valence-electron chi connectivity index (χ1n) is 6.93. The summed E-state index contributed by atoms with van der Waals surface area (Å²) in [5.41, 5.74) is 0.357. The molecule has 0 spiro atoms. The highest BCUT2D eigenvalue weighted by Gasteiger charge is 2.32. The Morgan fingerprint density at radius 3 is 2.71 bits per heavy atom. The minimum Gasteiger partial charge on any atom is -0.444 e. The Kier molecular flexibility index (Phi) is 5.02. The molecule has 4 nitrogen and oxygen atoms in total. The molecule has 0 saturated carbocycles. The summed E-state index contributed by atoms with van der Waals surface area (Å²) in [4.78, 5) is 14.1. The third-order valence-corrected chi connectivity index (χ3v) is 3.76. The van der Waals surface area contributed by atoms with Gasteiger partial charge in [-0.25, -0.2) is 4.79 Å². The third-order valence-electron chi connectivity index (χ3n) is 3.19. The summed E-state index contributed by atoms with van der Waals surface area (Å²) in [6.45, 7) is 7.53. The maximum Gasteiger partial charge on any atom is 0.410 e. The number of benzene rings is 1. The van der Waals surface area contributed by atoms with Gasteiger partial charge in [-0.3, -0.25) is 4.90 Å². The van der Waals surface area contributed by atoms with Crippen molar-refractivity contribution in [3.05, 3.63) is 33.8 Å².